The number of amides is 1. The fourth-order valence-corrected chi connectivity index (χ4v) is 2.79. The highest BCUT2D eigenvalue weighted by molar-refractivity contribution is 7.99. The monoisotopic (exact) mass is 360 g/mol. The Bertz CT molecular complexity index is 869. The van der Waals surface area contributed by atoms with E-state index in [9.17, 15) is 9.90 Å². The lowest BCUT2D eigenvalue weighted by Gasteiger charge is -2.04. The van der Waals surface area contributed by atoms with Gasteiger partial charge in [-0.15, -0.1) is 5.10 Å². The second-order valence-corrected chi connectivity index (χ2v) is 6.21. The molecule has 0 saturated heterocycles. The first-order valence-electron chi connectivity index (χ1n) is 7.01. The first-order valence-corrected chi connectivity index (χ1v) is 8.37. The number of phenolic OH excluding ortho intramolecular Hbond substituents is 1. The number of aromatic amines is 1. The fraction of sp³-hybridized carbons (Fsp3) is 0.0625. The van der Waals surface area contributed by atoms with E-state index in [0.29, 0.717) is 27.3 Å². The summed E-state index contributed by atoms with van der Waals surface area (Å²) in [6.45, 7) is 0. The average molecular weight is 361 g/mol. The van der Waals surface area contributed by atoms with Gasteiger partial charge in [-0.3, -0.25) is 9.89 Å². The maximum absolute atomic E-state index is 11.9. The third kappa shape index (κ3) is 4.06. The lowest BCUT2D eigenvalue weighted by molar-refractivity contribution is -0.113. The SMILES string of the molecule is O=C(CSc1n[nH]c(-c2ccccc2O)n1)Nc1cccc(Cl)c1. The van der Waals surface area contributed by atoms with Gasteiger partial charge in [0.2, 0.25) is 11.1 Å². The quantitative estimate of drug-likeness (QED) is 0.605. The highest BCUT2D eigenvalue weighted by Gasteiger charge is 2.11. The van der Waals surface area contributed by atoms with Gasteiger partial charge in [-0.05, 0) is 30.3 Å². The first kappa shape index (κ1) is 16.4. The predicted octanol–water partition coefficient (Wildman–Crippen LogP) is 3.56. The van der Waals surface area contributed by atoms with E-state index in [0.717, 1.165) is 0 Å². The van der Waals surface area contributed by atoms with Crippen LogP contribution in [0.15, 0.2) is 53.7 Å². The Morgan fingerprint density at radius 1 is 1.25 bits per heavy atom. The van der Waals surface area contributed by atoms with Crippen molar-refractivity contribution in [2.75, 3.05) is 11.1 Å². The van der Waals surface area contributed by atoms with Gasteiger partial charge in [0, 0.05) is 10.7 Å². The van der Waals surface area contributed by atoms with Crippen LogP contribution in [-0.2, 0) is 4.79 Å². The normalized spacial score (nSPS) is 10.5. The van der Waals surface area contributed by atoms with E-state index in [1.807, 2.05) is 0 Å². The van der Waals surface area contributed by atoms with Crippen molar-refractivity contribution in [3.8, 4) is 17.1 Å². The van der Waals surface area contributed by atoms with Crippen LogP contribution in [0.3, 0.4) is 0 Å². The molecule has 0 aliphatic rings. The van der Waals surface area contributed by atoms with Crippen LogP contribution in [0.1, 0.15) is 0 Å². The number of benzene rings is 2. The molecule has 0 unspecified atom stereocenters. The van der Waals surface area contributed by atoms with Crippen LogP contribution in [0.2, 0.25) is 5.02 Å². The summed E-state index contributed by atoms with van der Waals surface area (Å²) in [5.74, 6) is 0.538. The maximum atomic E-state index is 11.9. The summed E-state index contributed by atoms with van der Waals surface area (Å²) in [5, 5.41) is 20.3. The number of hydrogen-bond acceptors (Lipinski definition) is 5. The second-order valence-electron chi connectivity index (χ2n) is 4.83. The van der Waals surface area contributed by atoms with Gasteiger partial charge in [-0.2, -0.15) is 0 Å². The molecule has 0 bridgehead atoms. The number of carbonyl (C=O) groups is 1. The van der Waals surface area contributed by atoms with E-state index in [1.165, 1.54) is 11.8 Å². The molecular formula is C16H13ClN4O2S. The van der Waals surface area contributed by atoms with Crippen molar-refractivity contribution in [3.05, 3.63) is 53.6 Å². The number of hydrogen-bond donors (Lipinski definition) is 3. The second kappa shape index (κ2) is 7.37. The Morgan fingerprint density at radius 2 is 2.08 bits per heavy atom. The van der Waals surface area contributed by atoms with Crippen LogP contribution >= 0.6 is 23.4 Å². The zero-order valence-electron chi connectivity index (χ0n) is 12.4. The maximum Gasteiger partial charge on any atom is 0.234 e. The van der Waals surface area contributed by atoms with Crippen molar-refractivity contribution in [1.82, 2.24) is 15.2 Å². The lowest BCUT2D eigenvalue weighted by atomic mass is 10.2. The molecule has 2 aromatic carbocycles. The molecule has 122 valence electrons. The molecule has 1 heterocycles. The molecule has 3 rings (SSSR count). The number of aromatic nitrogens is 3. The Hall–Kier alpha value is -2.51. The van der Waals surface area contributed by atoms with Gasteiger partial charge in [-0.25, -0.2) is 4.98 Å². The Labute approximate surface area is 147 Å². The molecule has 1 aromatic heterocycles. The van der Waals surface area contributed by atoms with Crippen molar-refractivity contribution in [2.45, 2.75) is 5.16 Å². The Kier molecular flexibility index (Phi) is 5.02. The number of H-pyrrole nitrogens is 1. The van der Waals surface area contributed by atoms with Crippen molar-refractivity contribution in [2.24, 2.45) is 0 Å². The molecule has 0 atom stereocenters. The van der Waals surface area contributed by atoms with E-state index in [4.69, 9.17) is 11.6 Å². The van der Waals surface area contributed by atoms with E-state index < -0.39 is 0 Å². The number of aromatic hydroxyl groups is 1. The van der Waals surface area contributed by atoms with Crippen molar-refractivity contribution in [1.29, 1.82) is 0 Å². The smallest absolute Gasteiger partial charge is 0.234 e. The van der Waals surface area contributed by atoms with Gasteiger partial charge in [-0.1, -0.05) is 41.6 Å². The number of carbonyl (C=O) groups excluding carboxylic acids is 1. The van der Waals surface area contributed by atoms with E-state index >= 15 is 0 Å². The summed E-state index contributed by atoms with van der Waals surface area (Å²) in [5.41, 5.74) is 1.19. The van der Waals surface area contributed by atoms with Crippen molar-refractivity contribution < 1.29 is 9.90 Å². The first-order chi connectivity index (χ1) is 11.6. The Balaban J connectivity index is 1.59. The topological polar surface area (TPSA) is 90.9 Å². The minimum absolute atomic E-state index is 0.115. The molecule has 8 heteroatoms. The van der Waals surface area contributed by atoms with Gasteiger partial charge < -0.3 is 10.4 Å². The number of halogens is 1. The summed E-state index contributed by atoms with van der Waals surface area (Å²) in [7, 11) is 0. The number of phenols is 1. The summed E-state index contributed by atoms with van der Waals surface area (Å²) in [6, 6.07) is 13.8. The van der Waals surface area contributed by atoms with Crippen LogP contribution in [0, 0.1) is 0 Å². The third-order valence-corrected chi connectivity index (χ3v) is 4.15. The lowest BCUT2D eigenvalue weighted by Crippen LogP contribution is -2.14. The zero-order valence-corrected chi connectivity index (χ0v) is 13.9. The zero-order chi connectivity index (χ0) is 16.9. The molecule has 0 aliphatic heterocycles. The molecule has 0 fully saturated rings. The molecule has 0 aliphatic carbocycles. The minimum Gasteiger partial charge on any atom is -0.507 e. The van der Waals surface area contributed by atoms with E-state index in [-0.39, 0.29) is 17.4 Å². The summed E-state index contributed by atoms with van der Waals surface area (Å²) < 4.78 is 0. The van der Waals surface area contributed by atoms with Gasteiger partial charge >= 0.3 is 0 Å². The number of rotatable bonds is 5. The van der Waals surface area contributed by atoms with Gasteiger partial charge in [0.25, 0.3) is 0 Å². The molecule has 0 saturated carbocycles. The van der Waals surface area contributed by atoms with Crippen molar-refractivity contribution in [3.63, 3.8) is 0 Å². The molecule has 1 amide bonds. The molecule has 0 spiro atoms. The molecule has 3 N–H and O–H groups in total. The molecule has 24 heavy (non-hydrogen) atoms. The van der Waals surface area contributed by atoms with Crippen LogP contribution < -0.4 is 5.32 Å². The van der Waals surface area contributed by atoms with E-state index in [1.54, 1.807) is 48.5 Å². The van der Waals surface area contributed by atoms with Gasteiger partial charge in [0.05, 0.1) is 11.3 Å². The minimum atomic E-state index is -0.184. The van der Waals surface area contributed by atoms with Crippen LogP contribution in [-0.4, -0.2) is 31.9 Å². The number of para-hydroxylation sites is 1. The number of anilines is 1. The molecule has 0 radical (unpaired) electrons. The van der Waals surface area contributed by atoms with Gasteiger partial charge in [0.15, 0.2) is 5.82 Å². The van der Waals surface area contributed by atoms with E-state index in [2.05, 4.69) is 20.5 Å². The van der Waals surface area contributed by atoms with Crippen molar-refractivity contribution >= 4 is 35.0 Å². The average Bonchev–Trinajstić information content (AvgIpc) is 3.02. The number of thioether (sulfide) groups is 1. The molecular weight excluding hydrogens is 348 g/mol. The fourth-order valence-electron chi connectivity index (χ4n) is 2.00. The van der Waals surface area contributed by atoms with Crippen LogP contribution in [0.25, 0.3) is 11.4 Å². The third-order valence-electron chi connectivity index (χ3n) is 3.06. The largest absolute Gasteiger partial charge is 0.507 e. The van der Waals surface area contributed by atoms with Crippen LogP contribution in [0.4, 0.5) is 5.69 Å². The number of nitrogens with one attached hydrogen (secondary N) is 2. The summed E-state index contributed by atoms with van der Waals surface area (Å²) in [4.78, 5) is 16.2. The highest BCUT2D eigenvalue weighted by Crippen LogP contribution is 2.27. The molecule has 6 nitrogen and oxygen atoms in total. The highest BCUT2D eigenvalue weighted by atomic mass is 35.5. The standard InChI is InChI=1S/C16H13ClN4O2S/c17-10-4-3-5-11(8-10)18-14(23)9-24-16-19-15(20-21-16)12-6-1-2-7-13(12)22/h1-8,22H,9H2,(H,18,23)(H,19,20,21). The van der Waals surface area contributed by atoms with Crippen LogP contribution in [0.5, 0.6) is 5.75 Å². The summed E-state index contributed by atoms with van der Waals surface area (Å²) in [6.07, 6.45) is 0. The molecule has 3 aromatic rings. The Morgan fingerprint density at radius 3 is 2.88 bits per heavy atom. The van der Waals surface area contributed by atoms with Gasteiger partial charge in [0.1, 0.15) is 5.75 Å². The predicted molar refractivity (Wildman–Crippen MR) is 94.3 cm³/mol. The summed E-state index contributed by atoms with van der Waals surface area (Å²) >= 11 is 7.07. The number of nitrogens with zero attached hydrogens (tertiary/aromatic N) is 2.